The van der Waals surface area contributed by atoms with Crippen LogP contribution in [0, 0.1) is 0 Å². The quantitative estimate of drug-likeness (QED) is 0.683. The molecule has 0 radical (unpaired) electrons. The summed E-state index contributed by atoms with van der Waals surface area (Å²) in [5.74, 6) is 0.941. The summed E-state index contributed by atoms with van der Waals surface area (Å²) in [5.41, 5.74) is 2.66. The van der Waals surface area contributed by atoms with Gasteiger partial charge in [-0.15, -0.1) is 0 Å². The first-order chi connectivity index (χ1) is 10.1. The van der Waals surface area contributed by atoms with Crippen molar-refractivity contribution in [2.75, 3.05) is 38.6 Å². The Morgan fingerprint density at radius 2 is 2.05 bits per heavy atom. The Morgan fingerprint density at radius 1 is 1.33 bits per heavy atom. The summed E-state index contributed by atoms with van der Waals surface area (Å²) in [5, 5.41) is 3.51. The largest absolute Gasteiger partial charge is 0.372 e. The first-order valence-electron chi connectivity index (χ1n) is 7.95. The van der Waals surface area contributed by atoms with Crippen LogP contribution in [0.2, 0.25) is 0 Å². The maximum Gasteiger partial charge on any atom is 0.193 e. The number of benzene rings is 1. The Morgan fingerprint density at radius 3 is 2.67 bits per heavy atom. The lowest BCUT2D eigenvalue weighted by Gasteiger charge is -2.24. The van der Waals surface area contributed by atoms with Gasteiger partial charge in [-0.1, -0.05) is 12.1 Å². The maximum atomic E-state index is 4.51. The predicted octanol–water partition coefficient (Wildman–Crippen LogP) is 2.87. The highest BCUT2D eigenvalue weighted by Crippen LogP contribution is 2.23. The van der Waals surface area contributed by atoms with E-state index in [-0.39, 0.29) is 6.04 Å². The van der Waals surface area contributed by atoms with Crippen molar-refractivity contribution in [2.45, 2.75) is 32.7 Å². The summed E-state index contributed by atoms with van der Waals surface area (Å²) in [6, 6.07) is 9.13. The molecule has 0 saturated carbocycles. The molecule has 1 saturated heterocycles. The van der Waals surface area contributed by atoms with Crippen LogP contribution < -0.4 is 10.2 Å². The highest BCUT2D eigenvalue weighted by molar-refractivity contribution is 5.79. The summed E-state index contributed by atoms with van der Waals surface area (Å²) in [6.07, 6.45) is 2.62. The summed E-state index contributed by atoms with van der Waals surface area (Å²) in [7, 11) is 4.05. The van der Waals surface area contributed by atoms with Crippen LogP contribution in [0.5, 0.6) is 0 Å². The van der Waals surface area contributed by atoms with Gasteiger partial charge in [-0.25, -0.2) is 0 Å². The van der Waals surface area contributed by atoms with Crippen molar-refractivity contribution in [3.8, 4) is 0 Å². The average Bonchev–Trinajstić information content (AvgIpc) is 3.01. The van der Waals surface area contributed by atoms with Crippen LogP contribution in [-0.4, -0.2) is 44.6 Å². The third-order valence-corrected chi connectivity index (χ3v) is 3.92. The van der Waals surface area contributed by atoms with Gasteiger partial charge in [0.1, 0.15) is 0 Å². The molecule has 1 aliphatic heterocycles. The molecule has 0 bridgehead atoms. The molecule has 0 aliphatic carbocycles. The highest BCUT2D eigenvalue weighted by Gasteiger charge is 2.14. The number of nitrogens with one attached hydrogen (secondary N) is 1. The molecule has 21 heavy (non-hydrogen) atoms. The number of guanidine groups is 1. The molecule has 4 nitrogen and oxygen atoms in total. The van der Waals surface area contributed by atoms with Crippen molar-refractivity contribution in [2.24, 2.45) is 4.99 Å². The van der Waals surface area contributed by atoms with Gasteiger partial charge in [0.2, 0.25) is 0 Å². The lowest BCUT2D eigenvalue weighted by Crippen LogP contribution is -2.38. The van der Waals surface area contributed by atoms with Gasteiger partial charge < -0.3 is 15.1 Å². The number of anilines is 1. The summed E-state index contributed by atoms with van der Waals surface area (Å²) in [6.45, 7) is 7.42. The standard InChI is InChI=1S/C17H28N4/c1-5-18-17(20(3)4)19-14(2)15-9-8-10-16(13-15)21-11-6-7-12-21/h8-10,13-14H,5-7,11-12H2,1-4H3,(H,18,19). The zero-order chi connectivity index (χ0) is 15.2. The molecule has 0 aromatic heterocycles. The minimum atomic E-state index is 0.250. The van der Waals surface area contributed by atoms with Crippen LogP contribution >= 0.6 is 0 Å². The molecule has 1 aliphatic rings. The van der Waals surface area contributed by atoms with Gasteiger partial charge in [0.05, 0.1) is 6.04 Å². The fourth-order valence-electron chi connectivity index (χ4n) is 2.71. The van der Waals surface area contributed by atoms with E-state index in [4.69, 9.17) is 0 Å². The fourth-order valence-corrected chi connectivity index (χ4v) is 2.71. The predicted molar refractivity (Wildman–Crippen MR) is 91.1 cm³/mol. The summed E-state index contributed by atoms with van der Waals surface area (Å²) < 4.78 is 0. The van der Waals surface area contributed by atoms with E-state index in [1.54, 1.807) is 0 Å². The lowest BCUT2D eigenvalue weighted by molar-refractivity contribution is 0.555. The SMILES string of the molecule is CCN=C(NC(C)c1cccc(N2CCCC2)c1)N(C)C. The Bertz CT molecular complexity index is 475. The van der Waals surface area contributed by atoms with E-state index in [0.29, 0.717) is 0 Å². The summed E-state index contributed by atoms with van der Waals surface area (Å²) >= 11 is 0. The highest BCUT2D eigenvalue weighted by atomic mass is 15.3. The van der Waals surface area contributed by atoms with Crippen LogP contribution in [0.3, 0.4) is 0 Å². The molecule has 0 spiro atoms. The fraction of sp³-hybridized carbons (Fsp3) is 0.588. The Hall–Kier alpha value is -1.71. The zero-order valence-corrected chi connectivity index (χ0v) is 13.8. The molecule has 1 N–H and O–H groups in total. The van der Waals surface area contributed by atoms with Crippen LogP contribution in [0.4, 0.5) is 5.69 Å². The van der Waals surface area contributed by atoms with Crippen LogP contribution in [0.1, 0.15) is 38.3 Å². The topological polar surface area (TPSA) is 30.9 Å². The van der Waals surface area contributed by atoms with Gasteiger partial charge in [-0.05, 0) is 44.4 Å². The van der Waals surface area contributed by atoms with E-state index < -0.39 is 0 Å². The molecule has 1 aromatic carbocycles. The van der Waals surface area contributed by atoms with Gasteiger partial charge in [-0.3, -0.25) is 4.99 Å². The van der Waals surface area contributed by atoms with Crippen LogP contribution in [-0.2, 0) is 0 Å². The second-order valence-electron chi connectivity index (χ2n) is 5.85. The van der Waals surface area contributed by atoms with Crippen molar-refractivity contribution in [3.05, 3.63) is 29.8 Å². The van der Waals surface area contributed by atoms with Gasteiger partial charge in [-0.2, -0.15) is 0 Å². The van der Waals surface area contributed by atoms with Crippen molar-refractivity contribution in [1.82, 2.24) is 10.2 Å². The average molecular weight is 288 g/mol. The number of hydrogen-bond acceptors (Lipinski definition) is 2. The molecule has 1 heterocycles. The van der Waals surface area contributed by atoms with E-state index in [1.807, 2.05) is 19.0 Å². The minimum Gasteiger partial charge on any atom is -0.372 e. The van der Waals surface area contributed by atoms with Crippen LogP contribution in [0.15, 0.2) is 29.3 Å². The number of hydrogen-bond donors (Lipinski definition) is 1. The minimum absolute atomic E-state index is 0.250. The smallest absolute Gasteiger partial charge is 0.193 e. The van der Waals surface area contributed by atoms with Gasteiger partial charge in [0.15, 0.2) is 5.96 Å². The molecule has 1 aromatic rings. The first kappa shape index (κ1) is 15.7. The summed E-state index contributed by atoms with van der Waals surface area (Å²) in [4.78, 5) is 9.02. The molecule has 1 atom stereocenters. The molecule has 1 fully saturated rings. The lowest BCUT2D eigenvalue weighted by atomic mass is 10.1. The monoisotopic (exact) mass is 288 g/mol. The molecule has 116 valence electrons. The van der Waals surface area contributed by atoms with Crippen LogP contribution in [0.25, 0.3) is 0 Å². The molecule has 2 rings (SSSR count). The number of nitrogens with zero attached hydrogens (tertiary/aromatic N) is 3. The molecular formula is C17H28N4. The second-order valence-corrected chi connectivity index (χ2v) is 5.85. The molecule has 4 heteroatoms. The van der Waals surface area contributed by atoms with Crippen molar-refractivity contribution >= 4 is 11.6 Å². The second kappa shape index (κ2) is 7.34. The van der Waals surface area contributed by atoms with Crippen molar-refractivity contribution < 1.29 is 0 Å². The molecular weight excluding hydrogens is 260 g/mol. The first-order valence-corrected chi connectivity index (χ1v) is 7.95. The van der Waals surface area contributed by atoms with Crippen molar-refractivity contribution in [3.63, 3.8) is 0 Å². The Balaban J connectivity index is 2.09. The van der Waals surface area contributed by atoms with E-state index >= 15 is 0 Å². The zero-order valence-electron chi connectivity index (χ0n) is 13.8. The molecule has 1 unspecified atom stereocenters. The molecule has 0 amide bonds. The van der Waals surface area contributed by atoms with Gasteiger partial charge >= 0.3 is 0 Å². The van der Waals surface area contributed by atoms with E-state index in [2.05, 4.69) is 53.3 Å². The third kappa shape index (κ3) is 4.13. The van der Waals surface area contributed by atoms with E-state index in [0.717, 1.165) is 12.5 Å². The van der Waals surface area contributed by atoms with Gasteiger partial charge in [0, 0.05) is 39.4 Å². The Kier molecular flexibility index (Phi) is 5.48. The maximum absolute atomic E-state index is 4.51. The normalized spacial score (nSPS) is 17.0. The number of aliphatic imine (C=N–C) groups is 1. The Labute approximate surface area is 128 Å². The third-order valence-electron chi connectivity index (χ3n) is 3.92. The van der Waals surface area contributed by atoms with E-state index in [1.165, 1.54) is 37.2 Å². The number of rotatable bonds is 4. The van der Waals surface area contributed by atoms with Gasteiger partial charge in [0.25, 0.3) is 0 Å². The van der Waals surface area contributed by atoms with Crippen molar-refractivity contribution in [1.29, 1.82) is 0 Å². The van der Waals surface area contributed by atoms with E-state index in [9.17, 15) is 0 Å².